The topological polar surface area (TPSA) is 91.7 Å². The zero-order valence-electron chi connectivity index (χ0n) is 26.1. The number of carbonyl (C=O) groups is 1. The summed E-state index contributed by atoms with van der Waals surface area (Å²) in [5.41, 5.74) is 5.54. The fourth-order valence-electron chi connectivity index (χ4n) is 8.38. The van der Waals surface area contributed by atoms with E-state index < -0.39 is 17.6 Å². The third kappa shape index (κ3) is 5.83. The Morgan fingerprint density at radius 3 is 2.66 bits per heavy atom. The summed E-state index contributed by atoms with van der Waals surface area (Å²) < 4.78 is 6.52. The number of anilines is 1. The first kappa shape index (κ1) is 30.9. The third-order valence-corrected chi connectivity index (χ3v) is 11.0. The lowest BCUT2D eigenvalue weighted by atomic mass is 9.59. The predicted octanol–water partition coefficient (Wildman–Crippen LogP) is 8.25. The molecule has 44 heavy (non-hydrogen) atoms. The Bertz CT molecular complexity index is 1510. The van der Waals surface area contributed by atoms with Crippen molar-refractivity contribution >= 4 is 23.3 Å². The van der Waals surface area contributed by atoms with Gasteiger partial charge in [0, 0.05) is 28.2 Å². The summed E-state index contributed by atoms with van der Waals surface area (Å²) in [6.07, 6.45) is 9.20. The molecule has 4 atom stereocenters. The number of nitrogens with zero attached hydrogens (tertiary/aromatic N) is 1. The Kier molecular flexibility index (Phi) is 8.69. The fourth-order valence-corrected chi connectivity index (χ4v) is 8.57. The minimum absolute atomic E-state index is 0.145. The van der Waals surface area contributed by atoms with Gasteiger partial charge in [-0.1, -0.05) is 49.7 Å². The summed E-state index contributed by atoms with van der Waals surface area (Å²) in [6.45, 7) is 7.00. The number of benzene rings is 2. The average Bonchev–Trinajstić information content (AvgIpc) is 3.28. The highest BCUT2D eigenvalue weighted by Gasteiger charge is 2.54. The number of carboxylic acid groups (broad SMARTS) is 1. The number of aliphatic carboxylic acids is 1. The van der Waals surface area contributed by atoms with Crippen LogP contribution < -0.4 is 10.1 Å². The zero-order valence-corrected chi connectivity index (χ0v) is 26.9. The van der Waals surface area contributed by atoms with Gasteiger partial charge in [-0.25, -0.2) is 4.79 Å². The first-order chi connectivity index (χ1) is 21.1. The molecule has 234 valence electrons. The van der Waals surface area contributed by atoms with Crippen molar-refractivity contribution < 1.29 is 19.7 Å². The molecular weight excluding hydrogens is 572 g/mol. The number of ether oxygens (including phenoxy) is 1. The van der Waals surface area contributed by atoms with Crippen LogP contribution >= 0.6 is 11.6 Å². The van der Waals surface area contributed by atoms with Crippen molar-refractivity contribution in [3.63, 3.8) is 0 Å². The van der Waals surface area contributed by atoms with Gasteiger partial charge in [0.15, 0.2) is 0 Å². The van der Waals surface area contributed by atoms with Gasteiger partial charge in [0.05, 0.1) is 12.7 Å². The van der Waals surface area contributed by atoms with Crippen molar-refractivity contribution in [2.24, 2.45) is 11.8 Å². The number of halogens is 1. The van der Waals surface area contributed by atoms with Crippen LogP contribution in [0, 0.1) is 11.8 Å². The molecule has 0 aliphatic heterocycles. The molecule has 2 aromatic carbocycles. The first-order valence-corrected chi connectivity index (χ1v) is 16.7. The van der Waals surface area contributed by atoms with Crippen LogP contribution in [0.5, 0.6) is 5.75 Å². The number of pyridine rings is 1. The van der Waals surface area contributed by atoms with Gasteiger partial charge in [-0.05, 0) is 129 Å². The van der Waals surface area contributed by atoms with Crippen LogP contribution in [0.4, 0.5) is 5.69 Å². The molecule has 0 radical (unpaired) electrons. The smallest absolute Gasteiger partial charge is 0.329 e. The molecule has 1 aromatic heterocycles. The van der Waals surface area contributed by atoms with E-state index in [4.69, 9.17) is 16.3 Å². The maximum Gasteiger partial charge on any atom is 0.329 e. The second-order valence-corrected chi connectivity index (χ2v) is 14.2. The summed E-state index contributed by atoms with van der Waals surface area (Å²) >= 11 is 6.24. The number of aliphatic hydroxyl groups excluding tert-OH is 1. The monoisotopic (exact) mass is 616 g/mol. The molecular formula is C37H45ClN2O4. The molecule has 1 spiro atoms. The Balaban J connectivity index is 1.24. The van der Waals surface area contributed by atoms with Gasteiger partial charge in [-0.2, -0.15) is 0 Å². The highest BCUT2D eigenvalue weighted by atomic mass is 35.5. The third-order valence-electron chi connectivity index (χ3n) is 10.8. The number of carboxylic acids is 1. The van der Waals surface area contributed by atoms with E-state index >= 15 is 0 Å². The maximum absolute atomic E-state index is 12.8. The van der Waals surface area contributed by atoms with E-state index in [1.165, 1.54) is 35.2 Å². The Hall–Kier alpha value is -3.09. The number of aliphatic hydroxyl groups is 1. The van der Waals surface area contributed by atoms with Crippen LogP contribution in [-0.2, 0) is 23.1 Å². The molecule has 6 nitrogen and oxygen atoms in total. The number of rotatable bonds is 9. The summed E-state index contributed by atoms with van der Waals surface area (Å²) in [5, 5.41) is 24.9. The van der Waals surface area contributed by atoms with Crippen molar-refractivity contribution in [2.45, 2.75) is 102 Å². The molecule has 1 heterocycles. The van der Waals surface area contributed by atoms with Crippen molar-refractivity contribution in [3.8, 4) is 5.75 Å². The highest BCUT2D eigenvalue weighted by Crippen LogP contribution is 2.56. The van der Waals surface area contributed by atoms with Gasteiger partial charge in [-0.15, -0.1) is 0 Å². The van der Waals surface area contributed by atoms with Crippen LogP contribution in [0.25, 0.3) is 0 Å². The zero-order chi connectivity index (χ0) is 31.1. The van der Waals surface area contributed by atoms with Gasteiger partial charge < -0.3 is 20.3 Å². The lowest BCUT2D eigenvalue weighted by molar-refractivity contribution is -0.144. The quantitative estimate of drug-likeness (QED) is 0.224. The van der Waals surface area contributed by atoms with Gasteiger partial charge in [0.1, 0.15) is 11.3 Å². The number of aromatic nitrogens is 1. The molecule has 0 amide bonds. The maximum atomic E-state index is 12.8. The molecule has 3 aromatic rings. The predicted molar refractivity (Wildman–Crippen MR) is 175 cm³/mol. The van der Waals surface area contributed by atoms with Crippen molar-refractivity contribution in [2.75, 3.05) is 11.9 Å². The second kappa shape index (κ2) is 12.4. The Labute approximate surface area is 266 Å². The molecule has 3 aliphatic carbocycles. The van der Waals surface area contributed by atoms with E-state index in [1.807, 2.05) is 37.4 Å². The average molecular weight is 617 g/mol. The van der Waals surface area contributed by atoms with Gasteiger partial charge in [0.25, 0.3) is 0 Å². The number of nitrogens with one attached hydrogen (secondary N) is 1. The summed E-state index contributed by atoms with van der Waals surface area (Å²) in [5.74, 6) is 1.31. The van der Waals surface area contributed by atoms with Gasteiger partial charge in [-0.3, -0.25) is 4.98 Å². The summed E-state index contributed by atoms with van der Waals surface area (Å²) in [4.78, 5) is 17.5. The van der Waals surface area contributed by atoms with Crippen LogP contribution in [0.1, 0.15) is 106 Å². The van der Waals surface area contributed by atoms with Gasteiger partial charge >= 0.3 is 5.97 Å². The minimum Gasteiger partial charge on any atom is -0.493 e. The van der Waals surface area contributed by atoms with Crippen molar-refractivity contribution in [1.29, 1.82) is 0 Å². The van der Waals surface area contributed by atoms with Crippen LogP contribution in [0.15, 0.2) is 54.7 Å². The van der Waals surface area contributed by atoms with E-state index in [1.54, 1.807) is 12.1 Å². The fraction of sp³-hybridized carbons (Fsp3) is 0.514. The van der Waals surface area contributed by atoms with Crippen molar-refractivity contribution in [3.05, 3.63) is 87.7 Å². The number of aryl methyl sites for hydroxylation is 1. The number of hydrogen-bond donors (Lipinski definition) is 3. The molecule has 7 heteroatoms. The second-order valence-electron chi connectivity index (χ2n) is 13.8. The lowest BCUT2D eigenvalue weighted by Gasteiger charge is -2.47. The Morgan fingerprint density at radius 2 is 1.93 bits per heavy atom. The molecule has 1 fully saturated rings. The highest BCUT2D eigenvalue weighted by molar-refractivity contribution is 6.30. The van der Waals surface area contributed by atoms with Crippen molar-refractivity contribution in [1.82, 2.24) is 4.98 Å². The SMILES string of the molecule is CC(O)c1ccc2c(c1)C1(CCC(Nc3cccc(Cl)c3)(C(=O)O)CC1)[C@@H](C[C@@H](C)COc1ccnc3c1[C@H](C)CCC3)C2. The molecule has 3 aliphatic rings. The lowest BCUT2D eigenvalue weighted by Crippen LogP contribution is -2.53. The van der Waals surface area contributed by atoms with Gasteiger partial charge in [0.2, 0.25) is 0 Å². The molecule has 0 saturated heterocycles. The molecule has 6 rings (SSSR count). The number of fused-ring (bicyclic) bond motifs is 3. The summed E-state index contributed by atoms with van der Waals surface area (Å²) in [6, 6.07) is 15.8. The van der Waals surface area contributed by atoms with E-state index in [0.717, 1.165) is 49.1 Å². The number of hydrogen-bond acceptors (Lipinski definition) is 5. The largest absolute Gasteiger partial charge is 0.493 e. The van der Waals surface area contributed by atoms with Crippen LogP contribution in [0.3, 0.4) is 0 Å². The van der Waals surface area contributed by atoms with E-state index in [-0.39, 0.29) is 5.41 Å². The Morgan fingerprint density at radius 1 is 1.14 bits per heavy atom. The standard InChI is InChI=1S/C37H45ClN2O4/c1-23(22-44-33-12-17-39-32-9-4-6-24(2)34(32)33)18-28-19-27-11-10-26(25(3)41)20-31(27)36(28)13-15-37(16-14-36,35(42)43)40-30-8-5-7-29(38)21-30/h5,7-8,10-12,17,20-21,23-25,28,40-41H,4,6,9,13-16,18-19,22H2,1-3H3,(H,42,43)/t23-,24-,25?,28+,36?,37?/m1/s1. The van der Waals surface area contributed by atoms with E-state index in [0.29, 0.717) is 42.2 Å². The van der Waals surface area contributed by atoms with E-state index in [2.05, 4.69) is 36.3 Å². The van der Waals surface area contributed by atoms with E-state index in [9.17, 15) is 15.0 Å². The van der Waals surface area contributed by atoms with Crippen LogP contribution in [-0.4, -0.2) is 33.3 Å². The minimum atomic E-state index is -1.06. The first-order valence-electron chi connectivity index (χ1n) is 16.3. The molecule has 0 bridgehead atoms. The van der Waals surface area contributed by atoms with Crippen LogP contribution in [0.2, 0.25) is 5.02 Å². The molecule has 1 saturated carbocycles. The summed E-state index contributed by atoms with van der Waals surface area (Å²) in [7, 11) is 0. The normalized spacial score (nSPS) is 27.3. The molecule has 1 unspecified atom stereocenters. The molecule has 3 N–H and O–H groups in total.